The van der Waals surface area contributed by atoms with E-state index < -0.39 is 12.2 Å². The molecule has 0 aliphatic heterocycles. The number of imidazole rings is 1. The molecule has 0 spiro atoms. The maximum absolute atomic E-state index is 9.99. The van der Waals surface area contributed by atoms with E-state index in [9.17, 15) is 10.2 Å². The van der Waals surface area contributed by atoms with Gasteiger partial charge < -0.3 is 10.2 Å². The Morgan fingerprint density at radius 1 is 0.741 bits per heavy atom. The Balaban J connectivity index is 0.000000310. The smallest absolute Gasteiger partial charge is 0.177 e. The maximum Gasteiger partial charge on any atom is 0.177 e. The summed E-state index contributed by atoms with van der Waals surface area (Å²) in [5.74, 6) is 0. The van der Waals surface area contributed by atoms with Crippen molar-refractivity contribution in [3.8, 4) is 0 Å². The SMILES string of the molecule is Cc1c(C)n(C)[cH+]n1C.OC(CC(O)c1ccccc1)c1ccccc1.[Ag]. The zero-order chi connectivity index (χ0) is 19.1. The average molecular weight is 461 g/mol. The molecule has 1 aromatic heterocycles. The first-order valence-corrected chi connectivity index (χ1v) is 8.84. The molecule has 2 atom stereocenters. The molecule has 0 saturated carbocycles. The van der Waals surface area contributed by atoms with Crippen molar-refractivity contribution in [3.05, 3.63) is 89.5 Å². The number of aliphatic hydroxyl groups excluding tert-OH is 2. The Hall–Kier alpha value is -1.69. The molecule has 4 nitrogen and oxygen atoms in total. The molecule has 0 aliphatic carbocycles. The summed E-state index contributed by atoms with van der Waals surface area (Å²) in [6.07, 6.45) is 1.12. The molecule has 0 aliphatic rings. The molecule has 27 heavy (non-hydrogen) atoms. The molecule has 0 amide bonds. The predicted molar refractivity (Wildman–Crippen MR) is 106 cm³/mol. The normalized spacial score (nSPS) is 12.4. The van der Waals surface area contributed by atoms with E-state index >= 15 is 0 Å². The van der Waals surface area contributed by atoms with Crippen molar-refractivity contribution in [3.63, 3.8) is 0 Å². The van der Waals surface area contributed by atoms with Gasteiger partial charge in [0.25, 0.3) is 0 Å². The monoisotopic (exact) mass is 460 g/mol. The van der Waals surface area contributed by atoms with Gasteiger partial charge in [0.05, 0.1) is 12.2 Å². The molecule has 0 bridgehead atoms. The molecule has 2 N–H and O–H groups in total. The Labute approximate surface area is 177 Å². The second-order valence-electron chi connectivity index (χ2n) is 6.60. The maximum atomic E-state index is 9.99. The van der Waals surface area contributed by atoms with E-state index in [1.165, 1.54) is 11.4 Å². The van der Waals surface area contributed by atoms with Crippen LogP contribution in [-0.4, -0.2) is 19.3 Å². The van der Waals surface area contributed by atoms with Gasteiger partial charge in [-0.25, -0.2) is 9.13 Å². The minimum atomic E-state index is -0.633. The fourth-order valence-electron chi connectivity index (χ4n) is 2.78. The van der Waals surface area contributed by atoms with E-state index in [1.54, 1.807) is 0 Å². The number of rotatable bonds is 4. The molecule has 2 aromatic carbocycles. The van der Waals surface area contributed by atoms with Gasteiger partial charge in [0.1, 0.15) is 0 Å². The number of benzene rings is 2. The van der Waals surface area contributed by atoms with Gasteiger partial charge in [-0.05, 0) is 11.1 Å². The van der Waals surface area contributed by atoms with Crippen LogP contribution >= 0.6 is 0 Å². The molecule has 149 valence electrons. The van der Waals surface area contributed by atoms with Crippen molar-refractivity contribution in [1.82, 2.24) is 9.13 Å². The summed E-state index contributed by atoms with van der Waals surface area (Å²) >= 11 is 0. The van der Waals surface area contributed by atoms with Gasteiger partial charge in [-0.2, -0.15) is 0 Å². The molecule has 3 aromatic rings. The minimum absolute atomic E-state index is 0. The Bertz CT molecular complexity index is 738. The molecule has 0 saturated heterocycles. The third-order valence-corrected chi connectivity index (χ3v) is 4.74. The summed E-state index contributed by atoms with van der Waals surface area (Å²) in [7, 11) is 4.12. The molecule has 1 radical (unpaired) electrons. The zero-order valence-electron chi connectivity index (χ0n) is 16.3. The van der Waals surface area contributed by atoms with Gasteiger partial charge in [0, 0.05) is 56.7 Å². The van der Waals surface area contributed by atoms with Crippen molar-refractivity contribution in [1.29, 1.82) is 0 Å². The molecule has 2 unspecified atom stereocenters. The fourth-order valence-corrected chi connectivity index (χ4v) is 2.78. The van der Waals surface area contributed by atoms with E-state index in [2.05, 4.69) is 43.4 Å². The van der Waals surface area contributed by atoms with Crippen LogP contribution in [0.5, 0.6) is 0 Å². The number of hydrogen-bond donors (Lipinski definition) is 2. The second kappa shape index (κ2) is 11.2. The molecule has 0 fully saturated rings. The zero-order valence-corrected chi connectivity index (χ0v) is 17.8. The van der Waals surface area contributed by atoms with Crippen LogP contribution < -0.4 is 0 Å². The summed E-state index contributed by atoms with van der Waals surface area (Å²) in [4.78, 5) is 0. The van der Waals surface area contributed by atoms with Crippen LogP contribution in [0.1, 0.15) is 41.1 Å². The summed E-state index contributed by atoms with van der Waals surface area (Å²) in [6.45, 7) is 4.24. The Morgan fingerprint density at radius 2 is 1.07 bits per heavy atom. The number of hydrogen-bond acceptors (Lipinski definition) is 2. The van der Waals surface area contributed by atoms with Crippen LogP contribution in [0.25, 0.3) is 0 Å². The number of nitrogens with zero attached hydrogens (tertiary/aromatic N) is 2. The Morgan fingerprint density at radius 3 is 1.33 bits per heavy atom. The first-order valence-electron chi connectivity index (χ1n) is 8.84. The van der Waals surface area contributed by atoms with Crippen LogP contribution in [0.15, 0.2) is 67.0 Å². The Kier molecular flexibility index (Phi) is 9.70. The van der Waals surface area contributed by atoms with Gasteiger partial charge in [-0.3, -0.25) is 0 Å². The van der Waals surface area contributed by atoms with Gasteiger partial charge in [-0.15, -0.1) is 0 Å². The van der Waals surface area contributed by atoms with Gasteiger partial charge in [0.15, 0.2) is 17.7 Å². The first kappa shape index (κ1) is 23.3. The number of aromatic nitrogens is 2. The van der Waals surface area contributed by atoms with Crippen LogP contribution in [0.2, 0.25) is 0 Å². The summed E-state index contributed by atoms with van der Waals surface area (Å²) in [5, 5.41) is 20.0. The largest absolute Gasteiger partial charge is 0.388 e. The van der Waals surface area contributed by atoms with Crippen LogP contribution in [0, 0.1) is 13.8 Å². The van der Waals surface area contributed by atoms with Gasteiger partial charge >= 0.3 is 0 Å². The molecule has 3 rings (SSSR count). The third kappa shape index (κ3) is 6.76. The summed E-state index contributed by atoms with van der Waals surface area (Å²) in [5.41, 5.74) is 4.33. The summed E-state index contributed by atoms with van der Waals surface area (Å²) < 4.78 is 4.24. The molecular formula is C22H29AgN2O2+. The van der Waals surface area contributed by atoms with Gasteiger partial charge in [-0.1, -0.05) is 60.7 Å². The molecule has 1 heterocycles. The molecular weight excluding hydrogens is 432 g/mol. The third-order valence-electron chi connectivity index (χ3n) is 4.74. The van der Waals surface area contributed by atoms with Crippen molar-refractivity contribution < 1.29 is 32.6 Å². The van der Waals surface area contributed by atoms with Crippen molar-refractivity contribution in [2.24, 2.45) is 14.1 Å². The van der Waals surface area contributed by atoms with E-state index in [1.807, 2.05) is 60.7 Å². The van der Waals surface area contributed by atoms with Crippen molar-refractivity contribution in [2.45, 2.75) is 32.5 Å². The van der Waals surface area contributed by atoms with E-state index in [0.717, 1.165) is 11.1 Å². The van der Waals surface area contributed by atoms with Gasteiger partial charge in [0.2, 0.25) is 0 Å². The van der Waals surface area contributed by atoms with Crippen LogP contribution in [0.4, 0.5) is 0 Å². The van der Waals surface area contributed by atoms with Crippen LogP contribution in [0.3, 0.4) is 0 Å². The molecule has 5 heteroatoms. The summed E-state index contributed by atoms with van der Waals surface area (Å²) in [6, 6.07) is 18.8. The van der Waals surface area contributed by atoms with Crippen LogP contribution in [-0.2, 0) is 36.5 Å². The van der Waals surface area contributed by atoms with E-state index in [4.69, 9.17) is 0 Å². The fraction of sp³-hybridized carbons (Fsp3) is 0.318. The average Bonchev–Trinajstić information content (AvgIpc) is 2.89. The first-order chi connectivity index (χ1) is 12.4. The minimum Gasteiger partial charge on any atom is -0.388 e. The van der Waals surface area contributed by atoms with Crippen molar-refractivity contribution in [2.75, 3.05) is 0 Å². The number of aliphatic hydroxyl groups is 2. The quantitative estimate of drug-likeness (QED) is 0.454. The van der Waals surface area contributed by atoms with E-state index in [-0.39, 0.29) is 22.4 Å². The standard InChI is InChI=1S/C15H16O2.C7H13N2.Ag/c16-14(12-7-3-1-4-8-12)11-15(17)13-9-5-2-6-10-13;1-6-7(2)9(4)5-8(6)3;/h1-10,14-17H,11H2;5H,1-4H3;/q;+1;. The predicted octanol–water partition coefficient (Wildman–Crippen LogP) is 4.10. The van der Waals surface area contributed by atoms with E-state index in [0.29, 0.717) is 6.42 Å². The van der Waals surface area contributed by atoms with Crippen molar-refractivity contribution >= 4 is 0 Å². The topological polar surface area (TPSA) is 50.3 Å². The second-order valence-corrected chi connectivity index (χ2v) is 6.60. The number of aryl methyl sites for hydroxylation is 2.